The minimum absolute atomic E-state index is 0.00243. The Hall–Kier alpha value is -1.99. The molecule has 5 heteroatoms. The molecule has 0 unspecified atom stereocenters. The van der Waals surface area contributed by atoms with Crippen molar-refractivity contribution in [3.63, 3.8) is 0 Å². The van der Waals surface area contributed by atoms with Crippen LogP contribution in [0.5, 0.6) is 0 Å². The van der Waals surface area contributed by atoms with Crippen molar-refractivity contribution >= 4 is 23.4 Å². The molecule has 2 rings (SSSR count). The maximum absolute atomic E-state index is 12.0. The fourth-order valence-electron chi connectivity index (χ4n) is 2.68. The van der Waals surface area contributed by atoms with Gasteiger partial charge in [-0.3, -0.25) is 9.59 Å². The number of halogens is 1. The molecule has 0 aromatic heterocycles. The average molecular weight is 333 g/mol. The predicted molar refractivity (Wildman–Crippen MR) is 90.9 cm³/mol. The monoisotopic (exact) mass is 332 g/mol. The van der Waals surface area contributed by atoms with Crippen molar-refractivity contribution in [1.29, 1.82) is 0 Å². The maximum Gasteiger partial charge on any atom is 0.298 e. The highest BCUT2D eigenvalue weighted by Crippen LogP contribution is 2.16. The number of piperidine rings is 1. The van der Waals surface area contributed by atoms with Crippen LogP contribution in [0.2, 0.25) is 5.02 Å². The first-order valence-corrected chi connectivity index (χ1v) is 8.19. The van der Waals surface area contributed by atoms with E-state index in [-0.39, 0.29) is 11.8 Å². The largest absolute Gasteiger partial charge is 0.356 e. The molecule has 1 aromatic carbocycles. The maximum atomic E-state index is 12.0. The molecule has 1 aromatic rings. The van der Waals surface area contributed by atoms with Crippen molar-refractivity contribution in [2.45, 2.75) is 26.2 Å². The summed E-state index contributed by atoms with van der Waals surface area (Å²) in [6.45, 7) is 3.74. The second-order valence-electron chi connectivity index (χ2n) is 5.72. The summed E-state index contributed by atoms with van der Waals surface area (Å²) >= 11 is 5.92. The molecule has 0 aliphatic carbocycles. The molecule has 1 N–H and O–H groups in total. The Kier molecular flexibility index (Phi) is 6.49. The van der Waals surface area contributed by atoms with E-state index in [9.17, 15) is 9.59 Å². The minimum atomic E-state index is -0.101. The van der Waals surface area contributed by atoms with Gasteiger partial charge in [0.25, 0.3) is 5.91 Å². The molecular weight excluding hydrogens is 312 g/mol. The zero-order chi connectivity index (χ0) is 16.7. The SMILES string of the molecule is CC#CC(=O)N1CCC(CNC(=O)Cc2cccc(Cl)c2)CC1. The molecule has 4 nitrogen and oxygen atoms in total. The number of rotatable bonds is 4. The van der Waals surface area contributed by atoms with Crippen LogP contribution in [-0.2, 0) is 16.0 Å². The molecule has 1 saturated heterocycles. The van der Waals surface area contributed by atoms with Gasteiger partial charge in [-0.1, -0.05) is 29.7 Å². The fraction of sp³-hybridized carbons (Fsp3) is 0.444. The van der Waals surface area contributed by atoms with E-state index in [0.29, 0.717) is 37.0 Å². The quantitative estimate of drug-likeness (QED) is 0.860. The molecule has 0 bridgehead atoms. The molecule has 23 heavy (non-hydrogen) atoms. The lowest BCUT2D eigenvalue weighted by Crippen LogP contribution is -2.41. The number of carbonyl (C=O) groups is 2. The molecule has 0 spiro atoms. The molecule has 1 heterocycles. The summed E-state index contributed by atoms with van der Waals surface area (Å²) in [5.74, 6) is 5.52. The lowest BCUT2D eigenvalue weighted by molar-refractivity contribution is -0.127. The third-order valence-corrected chi connectivity index (χ3v) is 4.21. The molecule has 1 aliphatic heterocycles. The second kappa shape index (κ2) is 8.59. The summed E-state index contributed by atoms with van der Waals surface area (Å²) < 4.78 is 0. The van der Waals surface area contributed by atoms with Crippen LogP contribution >= 0.6 is 11.6 Å². The second-order valence-corrected chi connectivity index (χ2v) is 6.16. The van der Waals surface area contributed by atoms with Gasteiger partial charge < -0.3 is 10.2 Å². The molecule has 0 atom stereocenters. The van der Waals surface area contributed by atoms with E-state index in [2.05, 4.69) is 17.2 Å². The first-order valence-electron chi connectivity index (χ1n) is 7.81. The number of likely N-dealkylation sites (tertiary alicyclic amines) is 1. The minimum Gasteiger partial charge on any atom is -0.356 e. The van der Waals surface area contributed by atoms with E-state index < -0.39 is 0 Å². The number of hydrogen-bond acceptors (Lipinski definition) is 2. The van der Waals surface area contributed by atoms with Gasteiger partial charge in [0.15, 0.2) is 0 Å². The highest BCUT2D eigenvalue weighted by atomic mass is 35.5. The van der Waals surface area contributed by atoms with Gasteiger partial charge in [0, 0.05) is 24.7 Å². The molecule has 122 valence electrons. The molecule has 0 saturated carbocycles. The van der Waals surface area contributed by atoms with Crippen molar-refractivity contribution in [3.05, 3.63) is 34.9 Å². The van der Waals surface area contributed by atoms with Crippen LogP contribution < -0.4 is 5.32 Å². The third-order valence-electron chi connectivity index (χ3n) is 3.98. The van der Waals surface area contributed by atoms with Gasteiger partial charge in [0.1, 0.15) is 0 Å². The zero-order valence-electron chi connectivity index (χ0n) is 13.3. The summed E-state index contributed by atoms with van der Waals surface area (Å²) in [5, 5.41) is 3.62. The summed E-state index contributed by atoms with van der Waals surface area (Å²) in [5.41, 5.74) is 0.911. The first-order chi connectivity index (χ1) is 11.1. The van der Waals surface area contributed by atoms with Crippen LogP contribution in [0.1, 0.15) is 25.3 Å². The smallest absolute Gasteiger partial charge is 0.298 e. The average Bonchev–Trinajstić information content (AvgIpc) is 2.54. The lowest BCUT2D eigenvalue weighted by Gasteiger charge is -2.30. The van der Waals surface area contributed by atoms with Crippen molar-refractivity contribution in [3.8, 4) is 11.8 Å². The van der Waals surface area contributed by atoms with Gasteiger partial charge in [-0.05, 0) is 49.3 Å². The number of amides is 2. The Labute approximate surface area is 142 Å². The Balaban J connectivity index is 1.71. The van der Waals surface area contributed by atoms with Crippen molar-refractivity contribution in [1.82, 2.24) is 10.2 Å². The molecule has 1 aliphatic rings. The Bertz CT molecular complexity index is 625. The lowest BCUT2D eigenvalue weighted by atomic mass is 9.96. The van der Waals surface area contributed by atoms with E-state index in [1.807, 2.05) is 12.1 Å². The summed E-state index contributed by atoms with van der Waals surface area (Å²) in [6.07, 6.45) is 2.13. The molecule has 2 amide bonds. The van der Waals surface area contributed by atoms with Crippen molar-refractivity contribution in [2.24, 2.45) is 5.92 Å². The molecular formula is C18H21ClN2O2. The summed E-state index contributed by atoms with van der Waals surface area (Å²) in [6, 6.07) is 7.34. The predicted octanol–water partition coefficient (Wildman–Crippen LogP) is 2.26. The topological polar surface area (TPSA) is 49.4 Å². The van der Waals surface area contributed by atoms with E-state index in [4.69, 9.17) is 11.6 Å². The van der Waals surface area contributed by atoms with Gasteiger partial charge in [-0.2, -0.15) is 0 Å². The third kappa shape index (κ3) is 5.61. The number of hydrogen-bond donors (Lipinski definition) is 1. The van der Waals surface area contributed by atoms with E-state index >= 15 is 0 Å². The Morgan fingerprint density at radius 3 is 2.74 bits per heavy atom. The standard InChI is InChI=1S/C18H21ClN2O2/c1-2-4-18(23)21-9-7-14(8-10-21)13-20-17(22)12-15-5-3-6-16(19)11-15/h3,5-6,11,14H,7-10,12-13H2,1H3,(H,20,22). The van der Waals surface area contributed by atoms with Crippen LogP contribution in [0.25, 0.3) is 0 Å². The van der Waals surface area contributed by atoms with Gasteiger partial charge in [-0.25, -0.2) is 0 Å². The van der Waals surface area contributed by atoms with Gasteiger partial charge in [-0.15, -0.1) is 0 Å². The van der Waals surface area contributed by atoms with Crippen LogP contribution in [0.4, 0.5) is 0 Å². The van der Waals surface area contributed by atoms with E-state index in [1.54, 1.807) is 24.0 Å². The van der Waals surface area contributed by atoms with Gasteiger partial charge in [0.2, 0.25) is 5.91 Å². The van der Waals surface area contributed by atoms with Gasteiger partial charge >= 0.3 is 0 Å². The highest BCUT2D eigenvalue weighted by Gasteiger charge is 2.22. The number of nitrogens with zero attached hydrogens (tertiary/aromatic N) is 1. The van der Waals surface area contributed by atoms with Crippen molar-refractivity contribution in [2.75, 3.05) is 19.6 Å². The van der Waals surface area contributed by atoms with E-state index in [0.717, 1.165) is 18.4 Å². The highest BCUT2D eigenvalue weighted by molar-refractivity contribution is 6.30. The van der Waals surface area contributed by atoms with E-state index in [1.165, 1.54) is 0 Å². The number of carbonyl (C=O) groups excluding carboxylic acids is 2. The van der Waals surface area contributed by atoms with Crippen LogP contribution in [0.15, 0.2) is 24.3 Å². The Morgan fingerprint density at radius 2 is 2.09 bits per heavy atom. The summed E-state index contributed by atoms with van der Waals surface area (Å²) in [7, 11) is 0. The molecule has 0 radical (unpaired) electrons. The Morgan fingerprint density at radius 1 is 1.35 bits per heavy atom. The van der Waals surface area contributed by atoms with Crippen LogP contribution in [0.3, 0.4) is 0 Å². The normalized spacial score (nSPS) is 14.8. The molecule has 1 fully saturated rings. The summed E-state index contributed by atoms with van der Waals surface area (Å²) in [4.78, 5) is 25.4. The first kappa shape index (κ1) is 17.4. The fourth-order valence-corrected chi connectivity index (χ4v) is 2.89. The van der Waals surface area contributed by atoms with Gasteiger partial charge in [0.05, 0.1) is 6.42 Å². The van der Waals surface area contributed by atoms with Crippen LogP contribution in [-0.4, -0.2) is 36.3 Å². The van der Waals surface area contributed by atoms with Crippen LogP contribution in [0, 0.1) is 17.8 Å². The van der Waals surface area contributed by atoms with Crippen molar-refractivity contribution < 1.29 is 9.59 Å². The number of nitrogens with one attached hydrogen (secondary N) is 1. The number of benzene rings is 1. The zero-order valence-corrected chi connectivity index (χ0v) is 14.0.